The number of hydrogen-bond donors (Lipinski definition) is 1. The van der Waals surface area contributed by atoms with Gasteiger partial charge in [0.2, 0.25) is 5.91 Å². The van der Waals surface area contributed by atoms with Crippen LogP contribution >= 0.6 is 0 Å². The van der Waals surface area contributed by atoms with Gasteiger partial charge in [-0.1, -0.05) is 54.6 Å². The Kier molecular flexibility index (Phi) is 4.04. The second kappa shape index (κ2) is 6.47. The number of hydrogen-bond acceptors (Lipinski definition) is 2. The smallest absolute Gasteiger partial charge is 0.308 e. The molecule has 0 aromatic heterocycles. The molecule has 1 saturated carbocycles. The maximum absolute atomic E-state index is 13.4. The number of fused-ring (bicyclic) bond motifs is 2. The Balaban J connectivity index is 1.38. The van der Waals surface area contributed by atoms with E-state index in [9.17, 15) is 14.7 Å². The molecular weight excluding hydrogens is 350 g/mol. The van der Waals surface area contributed by atoms with Crippen LogP contribution in [0.4, 0.5) is 0 Å². The third kappa shape index (κ3) is 2.66. The van der Waals surface area contributed by atoms with E-state index in [2.05, 4.69) is 24.3 Å². The SMILES string of the molecule is O=C(O)[C@@H]1CN(C(=O)C2CC23CCCc2ccccc23)C[C@@H]1c1ccccc1. The molecule has 1 heterocycles. The summed E-state index contributed by atoms with van der Waals surface area (Å²) >= 11 is 0. The number of carbonyl (C=O) groups is 2. The standard InChI is InChI=1S/C24H25NO3/c26-22(21-13-24(21)12-6-10-17-9-4-5-11-20(17)24)25-14-18(19(15-25)23(27)28)16-7-2-1-3-8-16/h1-5,7-9,11,18-19,21H,6,10,12-15H2,(H,27,28)/t18-,19-,21?,24?/m1/s1. The summed E-state index contributed by atoms with van der Waals surface area (Å²) in [4.78, 5) is 27.1. The van der Waals surface area contributed by atoms with Crippen LogP contribution in [-0.2, 0) is 21.4 Å². The lowest BCUT2D eigenvalue weighted by Crippen LogP contribution is -2.34. The monoisotopic (exact) mass is 375 g/mol. The Morgan fingerprint density at radius 3 is 2.54 bits per heavy atom. The van der Waals surface area contributed by atoms with Crippen molar-refractivity contribution in [1.82, 2.24) is 4.90 Å². The van der Waals surface area contributed by atoms with Gasteiger partial charge in [-0.3, -0.25) is 9.59 Å². The van der Waals surface area contributed by atoms with E-state index in [0.717, 1.165) is 31.2 Å². The molecule has 4 atom stereocenters. The third-order valence-electron chi connectivity index (χ3n) is 7.17. The van der Waals surface area contributed by atoms with Crippen LogP contribution in [-0.4, -0.2) is 35.0 Å². The molecule has 1 N–H and O–H groups in total. The molecule has 0 bridgehead atoms. The van der Waals surface area contributed by atoms with Crippen molar-refractivity contribution >= 4 is 11.9 Å². The largest absolute Gasteiger partial charge is 0.481 e. The van der Waals surface area contributed by atoms with E-state index in [1.807, 2.05) is 35.2 Å². The topological polar surface area (TPSA) is 57.6 Å². The molecule has 4 nitrogen and oxygen atoms in total. The van der Waals surface area contributed by atoms with E-state index in [1.165, 1.54) is 11.1 Å². The Bertz CT molecular complexity index is 924. The lowest BCUT2D eigenvalue weighted by molar-refractivity contribution is -0.142. The molecule has 1 saturated heterocycles. The van der Waals surface area contributed by atoms with Gasteiger partial charge in [-0.05, 0) is 42.4 Å². The first kappa shape index (κ1) is 17.5. The van der Waals surface area contributed by atoms with Gasteiger partial charge in [0.25, 0.3) is 0 Å². The van der Waals surface area contributed by atoms with Gasteiger partial charge in [-0.2, -0.15) is 0 Å². The minimum absolute atomic E-state index is 0.00448. The molecule has 2 aliphatic carbocycles. The molecule has 28 heavy (non-hydrogen) atoms. The highest BCUT2D eigenvalue weighted by atomic mass is 16.4. The summed E-state index contributed by atoms with van der Waals surface area (Å²) in [7, 11) is 0. The molecule has 3 aliphatic rings. The zero-order valence-corrected chi connectivity index (χ0v) is 15.9. The third-order valence-corrected chi connectivity index (χ3v) is 7.17. The van der Waals surface area contributed by atoms with E-state index in [-0.39, 0.29) is 23.2 Å². The molecule has 1 spiro atoms. The van der Waals surface area contributed by atoms with Gasteiger partial charge < -0.3 is 10.0 Å². The molecule has 2 fully saturated rings. The van der Waals surface area contributed by atoms with Gasteiger partial charge in [0.05, 0.1) is 5.92 Å². The molecule has 144 valence electrons. The van der Waals surface area contributed by atoms with Gasteiger partial charge in [-0.25, -0.2) is 0 Å². The number of carboxylic acids is 1. The summed E-state index contributed by atoms with van der Waals surface area (Å²) < 4.78 is 0. The number of aliphatic carboxylic acids is 1. The molecule has 4 heteroatoms. The summed E-state index contributed by atoms with van der Waals surface area (Å²) in [5.41, 5.74) is 3.75. The normalized spacial score (nSPS) is 30.9. The number of carboxylic acid groups (broad SMARTS) is 1. The Labute approximate surface area is 165 Å². The van der Waals surface area contributed by atoms with Crippen LogP contribution in [0.3, 0.4) is 0 Å². The Morgan fingerprint density at radius 1 is 1.00 bits per heavy atom. The highest BCUT2D eigenvalue weighted by molar-refractivity contribution is 5.86. The van der Waals surface area contributed by atoms with Crippen LogP contribution in [0.2, 0.25) is 0 Å². The van der Waals surface area contributed by atoms with Gasteiger partial charge in [0.15, 0.2) is 0 Å². The molecule has 2 unspecified atom stereocenters. The predicted octanol–water partition coefficient (Wildman–Crippen LogP) is 3.61. The highest BCUT2D eigenvalue weighted by Crippen LogP contribution is 2.61. The van der Waals surface area contributed by atoms with Crippen molar-refractivity contribution < 1.29 is 14.7 Å². The fourth-order valence-corrected chi connectivity index (χ4v) is 5.65. The number of nitrogens with zero attached hydrogens (tertiary/aromatic N) is 1. The van der Waals surface area contributed by atoms with Crippen LogP contribution < -0.4 is 0 Å². The molecule has 1 amide bonds. The maximum Gasteiger partial charge on any atom is 0.308 e. The van der Waals surface area contributed by atoms with E-state index in [4.69, 9.17) is 0 Å². The van der Waals surface area contributed by atoms with Crippen LogP contribution in [0.15, 0.2) is 54.6 Å². The maximum atomic E-state index is 13.4. The number of likely N-dealkylation sites (tertiary alicyclic amines) is 1. The van der Waals surface area contributed by atoms with E-state index < -0.39 is 11.9 Å². The van der Waals surface area contributed by atoms with Crippen molar-refractivity contribution in [2.45, 2.75) is 37.0 Å². The second-order valence-corrected chi connectivity index (χ2v) is 8.63. The number of aryl methyl sites for hydroxylation is 1. The quantitative estimate of drug-likeness (QED) is 0.892. The first-order valence-electron chi connectivity index (χ1n) is 10.2. The summed E-state index contributed by atoms with van der Waals surface area (Å²) in [6.07, 6.45) is 4.21. The second-order valence-electron chi connectivity index (χ2n) is 8.63. The van der Waals surface area contributed by atoms with Gasteiger partial charge in [-0.15, -0.1) is 0 Å². The predicted molar refractivity (Wildman–Crippen MR) is 106 cm³/mol. The molecule has 2 aromatic rings. The van der Waals surface area contributed by atoms with Crippen LogP contribution in [0.25, 0.3) is 0 Å². The first-order chi connectivity index (χ1) is 13.6. The fraction of sp³-hybridized carbons (Fsp3) is 0.417. The van der Waals surface area contributed by atoms with Crippen molar-refractivity contribution in [3.8, 4) is 0 Å². The zero-order valence-electron chi connectivity index (χ0n) is 15.9. The van der Waals surface area contributed by atoms with Crippen molar-refractivity contribution in [2.75, 3.05) is 13.1 Å². The molecule has 2 aromatic carbocycles. The molecular formula is C24H25NO3. The van der Waals surface area contributed by atoms with Crippen molar-refractivity contribution in [3.63, 3.8) is 0 Å². The zero-order chi connectivity index (χ0) is 19.3. The molecule has 5 rings (SSSR count). The van der Waals surface area contributed by atoms with E-state index in [1.54, 1.807) is 0 Å². The molecule has 0 radical (unpaired) electrons. The average Bonchev–Trinajstić information content (AvgIpc) is 3.24. The van der Waals surface area contributed by atoms with Crippen molar-refractivity contribution in [3.05, 3.63) is 71.3 Å². The fourth-order valence-electron chi connectivity index (χ4n) is 5.65. The van der Waals surface area contributed by atoms with Gasteiger partial charge in [0, 0.05) is 30.3 Å². The summed E-state index contributed by atoms with van der Waals surface area (Å²) in [5.74, 6) is -1.30. The average molecular weight is 375 g/mol. The lowest BCUT2D eigenvalue weighted by atomic mass is 9.78. The van der Waals surface area contributed by atoms with Crippen molar-refractivity contribution in [1.29, 1.82) is 0 Å². The van der Waals surface area contributed by atoms with Gasteiger partial charge in [0.1, 0.15) is 0 Å². The van der Waals surface area contributed by atoms with Crippen molar-refractivity contribution in [2.24, 2.45) is 11.8 Å². The number of rotatable bonds is 3. The van der Waals surface area contributed by atoms with Crippen LogP contribution in [0.5, 0.6) is 0 Å². The Morgan fingerprint density at radius 2 is 1.75 bits per heavy atom. The first-order valence-corrected chi connectivity index (χ1v) is 10.2. The highest BCUT2D eigenvalue weighted by Gasteiger charge is 2.61. The molecule has 1 aliphatic heterocycles. The summed E-state index contributed by atoms with van der Waals surface area (Å²) in [6.45, 7) is 0.829. The van der Waals surface area contributed by atoms with E-state index in [0.29, 0.717) is 13.1 Å². The Hall–Kier alpha value is -2.62. The minimum atomic E-state index is -0.808. The van der Waals surface area contributed by atoms with Gasteiger partial charge >= 0.3 is 5.97 Å². The van der Waals surface area contributed by atoms with Crippen LogP contribution in [0, 0.1) is 11.8 Å². The van der Waals surface area contributed by atoms with Crippen LogP contribution in [0.1, 0.15) is 41.9 Å². The minimum Gasteiger partial charge on any atom is -0.481 e. The number of carbonyl (C=O) groups excluding carboxylic acids is 1. The summed E-state index contributed by atoms with van der Waals surface area (Å²) in [6, 6.07) is 18.3. The van der Waals surface area contributed by atoms with E-state index >= 15 is 0 Å². The number of amides is 1. The summed E-state index contributed by atoms with van der Waals surface area (Å²) in [5, 5.41) is 9.73. The lowest BCUT2D eigenvalue weighted by Gasteiger charge is -2.27. The number of benzene rings is 2.